The van der Waals surface area contributed by atoms with E-state index in [0.717, 1.165) is 37.5 Å². The molecular formula is C18H21FIN3. The lowest BCUT2D eigenvalue weighted by atomic mass is 10.1. The molecule has 1 aliphatic heterocycles. The van der Waals surface area contributed by atoms with Crippen LogP contribution in [0.1, 0.15) is 11.1 Å². The summed E-state index contributed by atoms with van der Waals surface area (Å²) >= 11 is 0. The molecule has 5 heteroatoms. The zero-order chi connectivity index (χ0) is 15.4. The van der Waals surface area contributed by atoms with Crippen LogP contribution in [0, 0.1) is 5.82 Å². The Morgan fingerprint density at radius 2 is 1.91 bits per heavy atom. The fraction of sp³-hybridized carbons (Fsp3) is 0.278. The maximum absolute atomic E-state index is 12.9. The zero-order valence-corrected chi connectivity index (χ0v) is 15.5. The molecule has 23 heavy (non-hydrogen) atoms. The van der Waals surface area contributed by atoms with Crippen molar-refractivity contribution in [1.82, 2.24) is 5.32 Å². The molecule has 0 atom stereocenters. The molecule has 1 N–H and O–H groups in total. The van der Waals surface area contributed by atoms with Crippen molar-refractivity contribution in [1.29, 1.82) is 0 Å². The molecule has 3 rings (SSSR count). The minimum Gasteiger partial charge on any atom is -0.356 e. The summed E-state index contributed by atoms with van der Waals surface area (Å²) in [4.78, 5) is 6.61. The number of halogens is 2. The zero-order valence-electron chi connectivity index (χ0n) is 13.1. The summed E-state index contributed by atoms with van der Waals surface area (Å²) in [6.45, 7) is 1.73. The van der Waals surface area contributed by atoms with Crippen molar-refractivity contribution in [2.75, 3.05) is 25.0 Å². The monoisotopic (exact) mass is 425 g/mol. The Morgan fingerprint density at radius 3 is 2.65 bits per heavy atom. The lowest BCUT2D eigenvalue weighted by molar-refractivity contribution is 0.627. The summed E-state index contributed by atoms with van der Waals surface area (Å²) in [6, 6.07) is 15.1. The van der Waals surface area contributed by atoms with Crippen LogP contribution in [0.25, 0.3) is 0 Å². The molecular weight excluding hydrogens is 404 g/mol. The van der Waals surface area contributed by atoms with Crippen molar-refractivity contribution in [3.63, 3.8) is 0 Å². The first-order chi connectivity index (χ1) is 10.8. The SMILES string of the molecule is CN=C(NCCc1ccc(F)cc1)N1CCc2ccccc21.I. The van der Waals surface area contributed by atoms with Gasteiger partial charge in [-0.2, -0.15) is 0 Å². The Bertz CT molecular complexity index is 670. The Kier molecular flexibility index (Phi) is 6.38. The Morgan fingerprint density at radius 1 is 1.17 bits per heavy atom. The molecule has 0 bridgehead atoms. The second kappa shape index (κ2) is 8.29. The molecule has 0 unspecified atom stereocenters. The highest BCUT2D eigenvalue weighted by Gasteiger charge is 2.21. The number of hydrogen-bond acceptors (Lipinski definition) is 1. The molecule has 0 amide bonds. The molecule has 2 aromatic carbocycles. The van der Waals surface area contributed by atoms with Crippen LogP contribution in [0.15, 0.2) is 53.5 Å². The molecule has 0 aromatic heterocycles. The normalized spacial score (nSPS) is 13.5. The molecule has 0 fully saturated rings. The summed E-state index contributed by atoms with van der Waals surface area (Å²) in [5.74, 6) is 0.702. The summed E-state index contributed by atoms with van der Waals surface area (Å²) in [6.07, 6.45) is 1.89. The second-order valence-electron chi connectivity index (χ2n) is 5.38. The van der Waals surface area contributed by atoms with Crippen molar-refractivity contribution in [3.8, 4) is 0 Å². The van der Waals surface area contributed by atoms with Gasteiger partial charge in [0.25, 0.3) is 0 Å². The lowest BCUT2D eigenvalue weighted by Crippen LogP contribution is -2.41. The van der Waals surface area contributed by atoms with Crippen molar-refractivity contribution in [2.24, 2.45) is 4.99 Å². The summed E-state index contributed by atoms with van der Waals surface area (Å²) in [5, 5.41) is 3.40. The summed E-state index contributed by atoms with van der Waals surface area (Å²) in [5.41, 5.74) is 3.72. The van der Waals surface area contributed by atoms with Crippen molar-refractivity contribution < 1.29 is 4.39 Å². The van der Waals surface area contributed by atoms with Gasteiger partial charge in [0.2, 0.25) is 0 Å². The quantitative estimate of drug-likeness (QED) is 0.462. The van der Waals surface area contributed by atoms with Gasteiger partial charge in [-0.3, -0.25) is 4.99 Å². The van der Waals surface area contributed by atoms with Crippen molar-refractivity contribution in [2.45, 2.75) is 12.8 Å². The van der Waals surface area contributed by atoms with Crippen LogP contribution in [0.5, 0.6) is 0 Å². The number of fused-ring (bicyclic) bond motifs is 1. The van der Waals surface area contributed by atoms with Gasteiger partial charge in [0, 0.05) is 25.8 Å². The number of guanidine groups is 1. The predicted molar refractivity (Wildman–Crippen MR) is 104 cm³/mol. The third-order valence-corrected chi connectivity index (χ3v) is 3.96. The fourth-order valence-corrected chi connectivity index (χ4v) is 2.82. The number of anilines is 1. The van der Waals surface area contributed by atoms with Gasteiger partial charge in [-0.05, 0) is 42.2 Å². The molecule has 122 valence electrons. The van der Waals surface area contributed by atoms with Crippen LogP contribution in [-0.2, 0) is 12.8 Å². The van der Waals surface area contributed by atoms with Gasteiger partial charge in [0.15, 0.2) is 5.96 Å². The highest BCUT2D eigenvalue weighted by molar-refractivity contribution is 14.0. The first-order valence-electron chi connectivity index (χ1n) is 7.58. The molecule has 0 saturated carbocycles. The maximum atomic E-state index is 12.9. The molecule has 0 spiro atoms. The smallest absolute Gasteiger partial charge is 0.198 e. The van der Waals surface area contributed by atoms with Crippen LogP contribution in [0.3, 0.4) is 0 Å². The highest BCUT2D eigenvalue weighted by atomic mass is 127. The van der Waals surface area contributed by atoms with Gasteiger partial charge >= 0.3 is 0 Å². The largest absolute Gasteiger partial charge is 0.356 e. The van der Waals surface area contributed by atoms with E-state index in [1.165, 1.54) is 23.4 Å². The van der Waals surface area contributed by atoms with Crippen LogP contribution < -0.4 is 10.2 Å². The van der Waals surface area contributed by atoms with Crippen molar-refractivity contribution in [3.05, 3.63) is 65.5 Å². The number of benzene rings is 2. The summed E-state index contributed by atoms with van der Waals surface area (Å²) in [7, 11) is 1.81. The van der Waals surface area contributed by atoms with E-state index in [2.05, 4.69) is 39.5 Å². The number of aliphatic imine (C=N–C) groups is 1. The first kappa shape index (κ1) is 17.7. The third-order valence-electron chi connectivity index (χ3n) is 3.96. The van der Waals surface area contributed by atoms with Crippen molar-refractivity contribution >= 4 is 35.6 Å². The van der Waals surface area contributed by atoms with Crippen LogP contribution in [0.2, 0.25) is 0 Å². The van der Waals surface area contributed by atoms with Crippen LogP contribution in [-0.4, -0.2) is 26.1 Å². The van der Waals surface area contributed by atoms with E-state index in [9.17, 15) is 4.39 Å². The van der Waals surface area contributed by atoms with Gasteiger partial charge in [0.1, 0.15) is 5.82 Å². The fourth-order valence-electron chi connectivity index (χ4n) is 2.82. The average molecular weight is 425 g/mol. The van der Waals surface area contributed by atoms with E-state index in [1.54, 1.807) is 7.05 Å². The number of hydrogen-bond donors (Lipinski definition) is 1. The summed E-state index contributed by atoms with van der Waals surface area (Å²) < 4.78 is 12.9. The molecule has 3 nitrogen and oxygen atoms in total. The van der Waals surface area contributed by atoms with E-state index in [0.29, 0.717) is 0 Å². The molecule has 2 aromatic rings. The van der Waals surface area contributed by atoms with E-state index in [-0.39, 0.29) is 29.8 Å². The number of nitrogens with zero attached hydrogens (tertiary/aromatic N) is 2. The Balaban J connectivity index is 0.00000192. The minimum atomic E-state index is -0.193. The second-order valence-corrected chi connectivity index (χ2v) is 5.38. The minimum absolute atomic E-state index is 0. The topological polar surface area (TPSA) is 27.6 Å². The molecule has 1 aliphatic rings. The number of nitrogens with one attached hydrogen (secondary N) is 1. The Hall–Kier alpha value is -1.63. The van der Waals surface area contributed by atoms with E-state index in [1.807, 2.05) is 12.1 Å². The average Bonchev–Trinajstić information content (AvgIpc) is 2.97. The van der Waals surface area contributed by atoms with E-state index in [4.69, 9.17) is 0 Å². The van der Waals surface area contributed by atoms with Crippen LogP contribution >= 0.6 is 24.0 Å². The molecule has 0 radical (unpaired) electrons. The Labute approximate surface area is 153 Å². The third kappa shape index (κ3) is 4.22. The maximum Gasteiger partial charge on any atom is 0.198 e. The van der Waals surface area contributed by atoms with Gasteiger partial charge in [-0.15, -0.1) is 24.0 Å². The van der Waals surface area contributed by atoms with Gasteiger partial charge in [0.05, 0.1) is 0 Å². The number of rotatable bonds is 3. The van der Waals surface area contributed by atoms with Gasteiger partial charge < -0.3 is 10.2 Å². The lowest BCUT2D eigenvalue weighted by Gasteiger charge is -2.22. The highest BCUT2D eigenvalue weighted by Crippen LogP contribution is 2.27. The molecule has 0 aliphatic carbocycles. The van der Waals surface area contributed by atoms with E-state index >= 15 is 0 Å². The van der Waals surface area contributed by atoms with Crippen LogP contribution in [0.4, 0.5) is 10.1 Å². The first-order valence-corrected chi connectivity index (χ1v) is 7.58. The standard InChI is InChI=1S/C18H20FN3.HI/c1-20-18(21-12-10-14-6-8-16(19)9-7-14)22-13-11-15-4-2-3-5-17(15)22;/h2-9H,10-13H2,1H3,(H,20,21);1H. The van der Waals surface area contributed by atoms with Gasteiger partial charge in [-0.25, -0.2) is 4.39 Å². The molecule has 0 saturated heterocycles. The molecule has 1 heterocycles. The van der Waals surface area contributed by atoms with E-state index < -0.39 is 0 Å². The van der Waals surface area contributed by atoms with Gasteiger partial charge in [-0.1, -0.05) is 30.3 Å². The number of para-hydroxylation sites is 1. The predicted octanol–water partition coefficient (Wildman–Crippen LogP) is 3.62.